The van der Waals surface area contributed by atoms with E-state index in [1.807, 2.05) is 7.05 Å². The lowest BCUT2D eigenvalue weighted by atomic mass is 10.1. The molecule has 2 heterocycles. The second-order valence-electron chi connectivity index (χ2n) is 5.73. The highest BCUT2D eigenvalue weighted by Crippen LogP contribution is 2.21. The standard InChI is InChI=1S/C17H25N3O/c1-3-19-9-10-21-15(12-19)13-20-8-7-16-14(11-18-2)5-4-6-17(16)20/h4-8,15,18H,3,9-13H2,1-2H3. The lowest BCUT2D eigenvalue weighted by molar-refractivity contribution is -0.0337. The largest absolute Gasteiger partial charge is 0.374 e. The summed E-state index contributed by atoms with van der Waals surface area (Å²) in [6.07, 6.45) is 2.49. The molecule has 114 valence electrons. The molecule has 1 N–H and O–H groups in total. The molecule has 1 aromatic heterocycles. The lowest BCUT2D eigenvalue weighted by Crippen LogP contribution is -2.43. The number of benzene rings is 1. The summed E-state index contributed by atoms with van der Waals surface area (Å²) in [5.74, 6) is 0. The van der Waals surface area contributed by atoms with Gasteiger partial charge in [-0.05, 0) is 31.3 Å². The summed E-state index contributed by atoms with van der Waals surface area (Å²) in [7, 11) is 1.99. The third-order valence-electron chi connectivity index (χ3n) is 4.34. The van der Waals surface area contributed by atoms with Crippen molar-refractivity contribution in [3.63, 3.8) is 0 Å². The van der Waals surface area contributed by atoms with E-state index in [4.69, 9.17) is 4.74 Å². The highest BCUT2D eigenvalue weighted by molar-refractivity contribution is 5.83. The summed E-state index contributed by atoms with van der Waals surface area (Å²) >= 11 is 0. The van der Waals surface area contributed by atoms with Crippen molar-refractivity contribution < 1.29 is 4.74 Å². The van der Waals surface area contributed by atoms with E-state index in [0.717, 1.165) is 39.3 Å². The average molecular weight is 287 g/mol. The Hall–Kier alpha value is -1.36. The molecule has 21 heavy (non-hydrogen) atoms. The molecule has 0 saturated carbocycles. The molecular formula is C17H25N3O. The van der Waals surface area contributed by atoms with Crippen molar-refractivity contribution in [3.8, 4) is 0 Å². The minimum Gasteiger partial charge on any atom is -0.374 e. The van der Waals surface area contributed by atoms with Gasteiger partial charge in [-0.1, -0.05) is 19.1 Å². The zero-order valence-electron chi connectivity index (χ0n) is 13.0. The van der Waals surface area contributed by atoms with Gasteiger partial charge in [0.25, 0.3) is 0 Å². The van der Waals surface area contributed by atoms with E-state index in [-0.39, 0.29) is 0 Å². The molecule has 1 aromatic carbocycles. The fraction of sp³-hybridized carbons (Fsp3) is 0.529. The van der Waals surface area contributed by atoms with Gasteiger partial charge in [0.1, 0.15) is 0 Å². The van der Waals surface area contributed by atoms with Gasteiger partial charge in [0.2, 0.25) is 0 Å². The first-order valence-electron chi connectivity index (χ1n) is 7.87. The highest BCUT2D eigenvalue weighted by atomic mass is 16.5. The van der Waals surface area contributed by atoms with Crippen LogP contribution in [0, 0.1) is 0 Å². The molecule has 1 fully saturated rings. The Morgan fingerprint density at radius 2 is 2.24 bits per heavy atom. The quantitative estimate of drug-likeness (QED) is 0.913. The van der Waals surface area contributed by atoms with Gasteiger partial charge >= 0.3 is 0 Å². The van der Waals surface area contributed by atoms with E-state index in [1.165, 1.54) is 16.5 Å². The number of ether oxygens (including phenoxy) is 1. The smallest absolute Gasteiger partial charge is 0.0881 e. The van der Waals surface area contributed by atoms with Crippen LogP contribution in [0.4, 0.5) is 0 Å². The zero-order valence-corrected chi connectivity index (χ0v) is 13.0. The molecular weight excluding hydrogens is 262 g/mol. The topological polar surface area (TPSA) is 29.4 Å². The summed E-state index contributed by atoms with van der Waals surface area (Å²) in [5, 5.41) is 4.58. The molecule has 2 aromatic rings. The second kappa shape index (κ2) is 6.60. The highest BCUT2D eigenvalue weighted by Gasteiger charge is 2.20. The van der Waals surface area contributed by atoms with E-state index in [9.17, 15) is 0 Å². The van der Waals surface area contributed by atoms with Gasteiger partial charge in [0, 0.05) is 36.7 Å². The van der Waals surface area contributed by atoms with Crippen LogP contribution in [-0.2, 0) is 17.8 Å². The van der Waals surface area contributed by atoms with Crippen LogP contribution in [0.1, 0.15) is 12.5 Å². The van der Waals surface area contributed by atoms with Gasteiger partial charge in [-0.25, -0.2) is 0 Å². The predicted octanol–water partition coefficient (Wildman–Crippen LogP) is 2.08. The maximum absolute atomic E-state index is 5.94. The maximum Gasteiger partial charge on any atom is 0.0881 e. The molecule has 0 spiro atoms. The van der Waals surface area contributed by atoms with Gasteiger partial charge in [-0.2, -0.15) is 0 Å². The minimum absolute atomic E-state index is 0.294. The van der Waals surface area contributed by atoms with E-state index >= 15 is 0 Å². The Kier molecular flexibility index (Phi) is 4.58. The number of aromatic nitrogens is 1. The molecule has 4 nitrogen and oxygen atoms in total. The SMILES string of the molecule is CCN1CCOC(Cn2ccc3c(CNC)cccc32)C1. The van der Waals surface area contributed by atoms with Gasteiger partial charge in [-0.3, -0.25) is 4.90 Å². The number of nitrogens with zero attached hydrogens (tertiary/aromatic N) is 2. The van der Waals surface area contributed by atoms with Crippen LogP contribution in [0.3, 0.4) is 0 Å². The van der Waals surface area contributed by atoms with Crippen molar-refractivity contribution in [2.45, 2.75) is 26.1 Å². The first-order valence-corrected chi connectivity index (χ1v) is 7.87. The maximum atomic E-state index is 5.94. The third kappa shape index (κ3) is 3.12. The average Bonchev–Trinajstić information content (AvgIpc) is 2.92. The fourth-order valence-corrected chi connectivity index (χ4v) is 3.19. The number of morpholine rings is 1. The molecule has 1 aliphatic heterocycles. The second-order valence-corrected chi connectivity index (χ2v) is 5.73. The van der Waals surface area contributed by atoms with Crippen molar-refractivity contribution in [1.82, 2.24) is 14.8 Å². The normalized spacial score (nSPS) is 20.2. The Balaban J connectivity index is 1.79. The van der Waals surface area contributed by atoms with Crippen molar-refractivity contribution in [2.75, 3.05) is 33.3 Å². The van der Waals surface area contributed by atoms with Crippen LogP contribution in [0.15, 0.2) is 30.5 Å². The minimum atomic E-state index is 0.294. The van der Waals surface area contributed by atoms with Gasteiger partial charge in [-0.15, -0.1) is 0 Å². The van der Waals surface area contributed by atoms with Crippen molar-refractivity contribution in [1.29, 1.82) is 0 Å². The first-order chi connectivity index (χ1) is 10.3. The summed E-state index contributed by atoms with van der Waals surface area (Å²) < 4.78 is 8.27. The van der Waals surface area contributed by atoms with Crippen LogP contribution in [-0.4, -0.2) is 48.9 Å². The molecule has 1 unspecified atom stereocenters. The first kappa shape index (κ1) is 14.6. The number of hydrogen-bond acceptors (Lipinski definition) is 3. The number of nitrogens with one attached hydrogen (secondary N) is 1. The number of rotatable bonds is 5. The van der Waals surface area contributed by atoms with Crippen LogP contribution in [0.2, 0.25) is 0 Å². The molecule has 0 radical (unpaired) electrons. The Morgan fingerprint density at radius 3 is 3.05 bits per heavy atom. The molecule has 0 bridgehead atoms. The van der Waals surface area contributed by atoms with E-state index in [2.05, 4.69) is 52.2 Å². The molecule has 1 aliphatic rings. The van der Waals surface area contributed by atoms with Gasteiger partial charge in [0.05, 0.1) is 19.3 Å². The lowest BCUT2D eigenvalue weighted by Gasteiger charge is -2.32. The van der Waals surface area contributed by atoms with Crippen molar-refractivity contribution in [3.05, 3.63) is 36.0 Å². The van der Waals surface area contributed by atoms with Crippen molar-refractivity contribution in [2.24, 2.45) is 0 Å². The van der Waals surface area contributed by atoms with Crippen LogP contribution < -0.4 is 5.32 Å². The number of likely N-dealkylation sites (N-methyl/N-ethyl adjacent to an activating group) is 1. The van der Waals surface area contributed by atoms with Crippen LogP contribution >= 0.6 is 0 Å². The molecule has 1 saturated heterocycles. The van der Waals surface area contributed by atoms with Crippen LogP contribution in [0.25, 0.3) is 10.9 Å². The van der Waals surface area contributed by atoms with E-state index in [1.54, 1.807) is 0 Å². The molecule has 1 atom stereocenters. The van der Waals surface area contributed by atoms with E-state index in [0.29, 0.717) is 6.10 Å². The predicted molar refractivity (Wildman–Crippen MR) is 86.6 cm³/mol. The molecule has 0 aliphatic carbocycles. The molecule has 3 rings (SSSR count). The Morgan fingerprint density at radius 1 is 1.33 bits per heavy atom. The monoisotopic (exact) mass is 287 g/mol. The number of fused-ring (bicyclic) bond motifs is 1. The summed E-state index contributed by atoms with van der Waals surface area (Å²) in [5.41, 5.74) is 2.66. The summed E-state index contributed by atoms with van der Waals surface area (Å²) in [6.45, 7) is 8.12. The van der Waals surface area contributed by atoms with Crippen LogP contribution in [0.5, 0.6) is 0 Å². The molecule has 0 amide bonds. The Bertz CT molecular complexity index is 593. The third-order valence-corrected chi connectivity index (χ3v) is 4.34. The zero-order chi connectivity index (χ0) is 14.7. The fourth-order valence-electron chi connectivity index (χ4n) is 3.19. The van der Waals surface area contributed by atoms with Gasteiger partial charge < -0.3 is 14.6 Å². The van der Waals surface area contributed by atoms with E-state index < -0.39 is 0 Å². The summed E-state index contributed by atoms with van der Waals surface area (Å²) in [4.78, 5) is 2.46. The van der Waals surface area contributed by atoms with Crippen molar-refractivity contribution >= 4 is 10.9 Å². The van der Waals surface area contributed by atoms with Gasteiger partial charge in [0.15, 0.2) is 0 Å². The Labute approximate surface area is 126 Å². The summed E-state index contributed by atoms with van der Waals surface area (Å²) in [6, 6.07) is 8.77. The molecule has 4 heteroatoms. The number of hydrogen-bond donors (Lipinski definition) is 1.